The average molecular weight is 274 g/mol. The van der Waals surface area contributed by atoms with Crippen LogP contribution in [0.15, 0.2) is 11.0 Å². The number of nitrogens with zero attached hydrogens (tertiary/aromatic N) is 2. The number of anilines is 1. The van der Waals surface area contributed by atoms with Crippen LogP contribution in [0.25, 0.3) is 0 Å². The van der Waals surface area contributed by atoms with Crippen molar-refractivity contribution in [1.82, 2.24) is 9.78 Å². The molecule has 1 rings (SSSR count). The van der Waals surface area contributed by atoms with Crippen LogP contribution in [0.4, 0.5) is 5.69 Å². The highest BCUT2D eigenvalue weighted by Crippen LogP contribution is 2.21. The maximum atomic E-state index is 12.0. The fourth-order valence-electron chi connectivity index (χ4n) is 1.66. The number of halogens is 1. The predicted molar refractivity (Wildman–Crippen MR) is 73.5 cm³/mol. The molecular formula is C12H20ClN3O2. The van der Waals surface area contributed by atoms with E-state index < -0.39 is 0 Å². The molecule has 0 aromatic carbocycles. The molecule has 0 fully saturated rings. The first-order chi connectivity index (χ1) is 8.28. The summed E-state index contributed by atoms with van der Waals surface area (Å²) in [5.74, 6) is 0. The van der Waals surface area contributed by atoms with E-state index in [4.69, 9.17) is 16.3 Å². The molecule has 0 saturated carbocycles. The zero-order chi connectivity index (χ0) is 13.9. The Kier molecular flexibility index (Phi) is 4.76. The average Bonchev–Trinajstić information content (AvgIpc) is 2.24. The van der Waals surface area contributed by atoms with Gasteiger partial charge >= 0.3 is 0 Å². The molecule has 1 heterocycles. The van der Waals surface area contributed by atoms with Crippen LogP contribution in [0.2, 0.25) is 5.02 Å². The number of rotatable bonds is 5. The van der Waals surface area contributed by atoms with Crippen molar-refractivity contribution in [1.29, 1.82) is 0 Å². The van der Waals surface area contributed by atoms with Crippen molar-refractivity contribution in [2.45, 2.75) is 39.3 Å². The van der Waals surface area contributed by atoms with Crippen molar-refractivity contribution < 1.29 is 4.74 Å². The van der Waals surface area contributed by atoms with Crippen LogP contribution < -0.4 is 10.9 Å². The van der Waals surface area contributed by atoms with E-state index in [1.807, 2.05) is 27.7 Å². The Morgan fingerprint density at radius 3 is 2.67 bits per heavy atom. The highest BCUT2D eigenvalue weighted by atomic mass is 35.5. The van der Waals surface area contributed by atoms with Gasteiger partial charge in [-0.15, -0.1) is 0 Å². The van der Waals surface area contributed by atoms with Gasteiger partial charge in [0.05, 0.1) is 30.1 Å². The molecule has 0 atom stereocenters. The van der Waals surface area contributed by atoms with Gasteiger partial charge < -0.3 is 10.1 Å². The minimum Gasteiger partial charge on any atom is -0.382 e. The molecule has 0 radical (unpaired) electrons. The zero-order valence-electron chi connectivity index (χ0n) is 11.5. The molecule has 0 aliphatic carbocycles. The molecule has 0 saturated heterocycles. The third-order valence-corrected chi connectivity index (χ3v) is 2.78. The minimum atomic E-state index is -0.323. The predicted octanol–water partition coefficient (Wildman–Crippen LogP) is 2.31. The summed E-state index contributed by atoms with van der Waals surface area (Å²) in [5.41, 5.74) is -0.0817. The minimum absolute atomic E-state index is 0.0176. The van der Waals surface area contributed by atoms with Crippen LogP contribution in [-0.4, -0.2) is 29.0 Å². The van der Waals surface area contributed by atoms with Crippen LogP contribution in [0.3, 0.4) is 0 Å². The van der Waals surface area contributed by atoms with Gasteiger partial charge in [0.25, 0.3) is 5.56 Å². The molecule has 6 heteroatoms. The summed E-state index contributed by atoms with van der Waals surface area (Å²) in [5, 5.41) is 7.42. The van der Waals surface area contributed by atoms with E-state index in [9.17, 15) is 4.79 Å². The Labute approximate surface area is 112 Å². The molecule has 0 unspecified atom stereocenters. The number of hydrogen-bond donors (Lipinski definition) is 1. The lowest BCUT2D eigenvalue weighted by molar-refractivity contribution is 0.158. The number of methoxy groups -OCH3 is 1. The van der Waals surface area contributed by atoms with Crippen LogP contribution in [0.5, 0.6) is 0 Å². The largest absolute Gasteiger partial charge is 0.382 e. The van der Waals surface area contributed by atoms with E-state index in [0.29, 0.717) is 12.3 Å². The van der Waals surface area contributed by atoms with Crippen molar-refractivity contribution in [2.75, 3.05) is 19.0 Å². The third-order valence-electron chi connectivity index (χ3n) is 2.41. The zero-order valence-corrected chi connectivity index (χ0v) is 12.2. The van der Waals surface area contributed by atoms with Crippen LogP contribution in [-0.2, 0) is 4.74 Å². The second-order valence-electron chi connectivity index (χ2n) is 5.16. The molecule has 0 aliphatic rings. The molecular weight excluding hydrogens is 254 g/mol. The Morgan fingerprint density at radius 1 is 1.56 bits per heavy atom. The smallest absolute Gasteiger partial charge is 0.287 e. The molecule has 5 nitrogen and oxygen atoms in total. The molecule has 0 spiro atoms. The number of aromatic nitrogens is 2. The third kappa shape index (κ3) is 3.46. The van der Waals surface area contributed by atoms with E-state index in [2.05, 4.69) is 10.4 Å². The van der Waals surface area contributed by atoms with Gasteiger partial charge in [-0.1, -0.05) is 11.6 Å². The highest BCUT2D eigenvalue weighted by molar-refractivity contribution is 6.32. The maximum Gasteiger partial charge on any atom is 0.287 e. The van der Waals surface area contributed by atoms with Crippen LogP contribution >= 0.6 is 11.6 Å². The van der Waals surface area contributed by atoms with E-state index >= 15 is 0 Å². The molecule has 1 N–H and O–H groups in total. The Hall–Kier alpha value is -1.07. The summed E-state index contributed by atoms with van der Waals surface area (Å²) >= 11 is 6.07. The van der Waals surface area contributed by atoms with E-state index in [1.165, 1.54) is 4.68 Å². The first-order valence-electron chi connectivity index (χ1n) is 5.83. The van der Waals surface area contributed by atoms with Gasteiger partial charge in [-0.05, 0) is 27.7 Å². The molecule has 1 aromatic heterocycles. The van der Waals surface area contributed by atoms with Gasteiger partial charge in [0, 0.05) is 7.11 Å². The molecule has 0 aliphatic heterocycles. The standard InChI is InChI=1S/C12H20ClN3O2/c1-8(2)16-11(17)10(13)9(6-14-16)15-12(3,4)7-18-5/h6,8,15H,7H2,1-5H3. The monoisotopic (exact) mass is 273 g/mol. The van der Waals surface area contributed by atoms with Gasteiger partial charge in [0.1, 0.15) is 5.02 Å². The number of hydrogen-bond acceptors (Lipinski definition) is 4. The van der Waals surface area contributed by atoms with Gasteiger partial charge in [0.2, 0.25) is 0 Å². The first kappa shape index (κ1) is 15.0. The molecule has 1 aromatic rings. The Balaban J connectivity index is 3.07. The summed E-state index contributed by atoms with van der Waals surface area (Å²) in [4.78, 5) is 12.0. The van der Waals surface area contributed by atoms with E-state index in [0.717, 1.165) is 0 Å². The van der Waals surface area contributed by atoms with Crippen molar-refractivity contribution in [2.24, 2.45) is 0 Å². The summed E-state index contributed by atoms with van der Waals surface area (Å²) < 4.78 is 6.46. The number of ether oxygens (including phenoxy) is 1. The maximum absolute atomic E-state index is 12.0. The quantitative estimate of drug-likeness (QED) is 0.894. The molecule has 18 heavy (non-hydrogen) atoms. The summed E-state index contributed by atoms with van der Waals surface area (Å²) in [7, 11) is 1.63. The molecule has 0 amide bonds. The van der Waals surface area contributed by atoms with Crippen molar-refractivity contribution >= 4 is 17.3 Å². The SMILES string of the molecule is COCC(C)(C)Nc1cnn(C(C)C)c(=O)c1Cl. The van der Waals surface area contributed by atoms with Crippen LogP contribution in [0, 0.1) is 0 Å². The number of nitrogens with one attached hydrogen (secondary N) is 1. The highest BCUT2D eigenvalue weighted by Gasteiger charge is 2.20. The summed E-state index contributed by atoms with van der Waals surface area (Å²) in [6.07, 6.45) is 1.57. The second kappa shape index (κ2) is 5.71. The summed E-state index contributed by atoms with van der Waals surface area (Å²) in [6.45, 7) is 8.18. The van der Waals surface area contributed by atoms with Crippen molar-refractivity contribution in [3.63, 3.8) is 0 Å². The van der Waals surface area contributed by atoms with Crippen molar-refractivity contribution in [3.05, 3.63) is 21.6 Å². The van der Waals surface area contributed by atoms with Gasteiger partial charge in [-0.3, -0.25) is 4.79 Å². The topological polar surface area (TPSA) is 56.1 Å². The lowest BCUT2D eigenvalue weighted by Gasteiger charge is -2.27. The van der Waals surface area contributed by atoms with Gasteiger partial charge in [-0.25, -0.2) is 4.68 Å². The first-order valence-corrected chi connectivity index (χ1v) is 6.20. The normalized spacial score (nSPS) is 11.9. The van der Waals surface area contributed by atoms with Gasteiger partial charge in [-0.2, -0.15) is 5.10 Å². The second-order valence-corrected chi connectivity index (χ2v) is 5.54. The van der Waals surface area contributed by atoms with E-state index in [-0.39, 0.29) is 22.2 Å². The molecule has 102 valence electrons. The molecule has 0 bridgehead atoms. The summed E-state index contributed by atoms with van der Waals surface area (Å²) in [6, 6.07) is -0.0176. The fourth-order valence-corrected chi connectivity index (χ4v) is 1.84. The Morgan fingerprint density at radius 2 is 2.17 bits per heavy atom. The fraction of sp³-hybridized carbons (Fsp3) is 0.667. The van der Waals surface area contributed by atoms with Crippen LogP contribution in [0.1, 0.15) is 33.7 Å². The van der Waals surface area contributed by atoms with Crippen molar-refractivity contribution in [3.8, 4) is 0 Å². The lowest BCUT2D eigenvalue weighted by atomic mass is 10.1. The Bertz CT molecular complexity index is 469. The van der Waals surface area contributed by atoms with Gasteiger partial charge in [0.15, 0.2) is 0 Å². The van der Waals surface area contributed by atoms with E-state index in [1.54, 1.807) is 13.3 Å². The lowest BCUT2D eigenvalue weighted by Crippen LogP contribution is -2.37.